The fraction of sp³-hybridized carbons (Fsp3) is 0.400. The molecule has 0 aliphatic carbocycles. The van der Waals surface area contributed by atoms with Crippen LogP contribution in [0.4, 0.5) is 0 Å². The molecule has 0 saturated heterocycles. The number of pyridine rings is 1. The summed E-state index contributed by atoms with van der Waals surface area (Å²) >= 11 is 0. The number of nitrogens with zero attached hydrogens (tertiary/aromatic N) is 1. The molecule has 5 nitrogen and oxygen atoms in total. The van der Waals surface area contributed by atoms with Crippen LogP contribution in [0.3, 0.4) is 0 Å². The van der Waals surface area contributed by atoms with Crippen LogP contribution in [0.1, 0.15) is 18.4 Å². The molecule has 1 rings (SSSR count). The molecule has 16 heavy (non-hydrogen) atoms. The largest absolute Gasteiger partial charge is 0.481 e. The van der Waals surface area contributed by atoms with Gasteiger partial charge in [-0.25, -0.2) is 8.42 Å². The van der Waals surface area contributed by atoms with Gasteiger partial charge in [-0.05, 0) is 25.0 Å². The van der Waals surface area contributed by atoms with E-state index in [-0.39, 0.29) is 23.5 Å². The van der Waals surface area contributed by atoms with Crippen molar-refractivity contribution in [2.24, 2.45) is 0 Å². The highest BCUT2D eigenvalue weighted by Crippen LogP contribution is 2.12. The number of carboxylic acids is 1. The standard InChI is InChI=1S/C10H13NO4S/c1-8-5-9(7-11-6-8)16(14,15)4-2-3-10(12)13/h5-7H,2-4H2,1H3,(H,12,13). The number of aromatic nitrogens is 1. The van der Waals surface area contributed by atoms with Gasteiger partial charge in [0.25, 0.3) is 0 Å². The maximum Gasteiger partial charge on any atom is 0.303 e. The van der Waals surface area contributed by atoms with Gasteiger partial charge in [-0.3, -0.25) is 9.78 Å². The van der Waals surface area contributed by atoms with Crippen molar-refractivity contribution in [3.8, 4) is 0 Å². The average molecular weight is 243 g/mol. The van der Waals surface area contributed by atoms with Gasteiger partial charge in [-0.15, -0.1) is 0 Å². The first-order valence-corrected chi connectivity index (χ1v) is 6.43. The normalized spacial score (nSPS) is 11.3. The minimum atomic E-state index is -3.40. The van der Waals surface area contributed by atoms with E-state index in [1.807, 2.05) is 0 Å². The zero-order chi connectivity index (χ0) is 12.2. The summed E-state index contributed by atoms with van der Waals surface area (Å²) in [5, 5.41) is 8.42. The number of carboxylic acid groups (broad SMARTS) is 1. The van der Waals surface area contributed by atoms with E-state index in [9.17, 15) is 13.2 Å². The van der Waals surface area contributed by atoms with Crippen LogP contribution < -0.4 is 0 Å². The minimum absolute atomic E-state index is 0.117. The number of hydrogen-bond acceptors (Lipinski definition) is 4. The number of sulfone groups is 1. The van der Waals surface area contributed by atoms with Gasteiger partial charge in [0.1, 0.15) is 0 Å². The summed E-state index contributed by atoms with van der Waals surface area (Å²) in [7, 11) is -3.40. The number of carbonyl (C=O) groups is 1. The first-order valence-electron chi connectivity index (χ1n) is 4.78. The van der Waals surface area contributed by atoms with Crippen LogP contribution in [0.25, 0.3) is 0 Å². The van der Waals surface area contributed by atoms with E-state index in [1.54, 1.807) is 13.1 Å². The molecule has 0 saturated carbocycles. The SMILES string of the molecule is Cc1cncc(S(=O)(=O)CCCC(=O)O)c1. The van der Waals surface area contributed by atoms with E-state index >= 15 is 0 Å². The molecule has 0 bridgehead atoms. The Morgan fingerprint density at radius 3 is 2.69 bits per heavy atom. The molecule has 6 heteroatoms. The molecule has 1 aromatic heterocycles. The van der Waals surface area contributed by atoms with Gasteiger partial charge in [0.15, 0.2) is 9.84 Å². The zero-order valence-electron chi connectivity index (χ0n) is 8.88. The van der Waals surface area contributed by atoms with Crippen molar-refractivity contribution < 1.29 is 18.3 Å². The summed E-state index contributed by atoms with van der Waals surface area (Å²) in [6.07, 6.45) is 2.82. The fourth-order valence-electron chi connectivity index (χ4n) is 1.23. The number of aryl methyl sites for hydroxylation is 1. The van der Waals surface area contributed by atoms with E-state index in [0.29, 0.717) is 0 Å². The Labute approximate surface area is 94.1 Å². The van der Waals surface area contributed by atoms with Gasteiger partial charge in [0, 0.05) is 18.8 Å². The van der Waals surface area contributed by atoms with Crippen molar-refractivity contribution in [2.75, 3.05) is 5.75 Å². The lowest BCUT2D eigenvalue weighted by Gasteiger charge is -2.03. The molecule has 0 fully saturated rings. The van der Waals surface area contributed by atoms with Gasteiger partial charge in [-0.2, -0.15) is 0 Å². The van der Waals surface area contributed by atoms with Gasteiger partial charge in [-0.1, -0.05) is 0 Å². The topological polar surface area (TPSA) is 84.3 Å². The monoisotopic (exact) mass is 243 g/mol. The third-order valence-electron chi connectivity index (χ3n) is 2.01. The van der Waals surface area contributed by atoms with Gasteiger partial charge >= 0.3 is 5.97 Å². The Balaban J connectivity index is 2.74. The number of rotatable bonds is 5. The highest BCUT2D eigenvalue weighted by molar-refractivity contribution is 7.91. The van der Waals surface area contributed by atoms with Crippen LogP contribution in [0.2, 0.25) is 0 Å². The highest BCUT2D eigenvalue weighted by atomic mass is 32.2. The predicted molar refractivity (Wildman–Crippen MR) is 57.9 cm³/mol. The molecular formula is C10H13NO4S. The zero-order valence-corrected chi connectivity index (χ0v) is 9.70. The van der Waals surface area contributed by atoms with E-state index in [4.69, 9.17) is 5.11 Å². The van der Waals surface area contributed by atoms with Crippen LogP contribution in [-0.4, -0.2) is 30.2 Å². The third kappa shape index (κ3) is 3.62. The summed E-state index contributed by atoms with van der Waals surface area (Å²) in [5.74, 6) is -1.15. The Morgan fingerprint density at radius 2 is 2.12 bits per heavy atom. The Bertz CT molecular complexity index is 481. The second-order valence-corrected chi connectivity index (χ2v) is 5.62. The van der Waals surface area contributed by atoms with Crippen LogP contribution in [0.15, 0.2) is 23.4 Å². The van der Waals surface area contributed by atoms with Crippen molar-refractivity contribution in [3.63, 3.8) is 0 Å². The first-order chi connectivity index (χ1) is 7.42. The molecule has 0 aromatic carbocycles. The number of hydrogen-bond donors (Lipinski definition) is 1. The summed E-state index contributed by atoms with van der Waals surface area (Å²) in [4.78, 5) is 14.2. The lowest BCUT2D eigenvalue weighted by Crippen LogP contribution is -2.09. The first kappa shape index (κ1) is 12.6. The van der Waals surface area contributed by atoms with E-state index in [1.165, 1.54) is 12.3 Å². The van der Waals surface area contributed by atoms with Gasteiger partial charge in [0.05, 0.1) is 10.6 Å². The van der Waals surface area contributed by atoms with Crippen molar-refractivity contribution in [2.45, 2.75) is 24.7 Å². The molecule has 0 aliphatic rings. The van der Waals surface area contributed by atoms with Crippen molar-refractivity contribution in [1.29, 1.82) is 0 Å². The van der Waals surface area contributed by atoms with E-state index in [2.05, 4.69) is 4.98 Å². The van der Waals surface area contributed by atoms with Crippen LogP contribution >= 0.6 is 0 Å². The molecule has 0 aliphatic heterocycles. The molecular weight excluding hydrogens is 230 g/mol. The van der Waals surface area contributed by atoms with Gasteiger partial charge in [0.2, 0.25) is 0 Å². The van der Waals surface area contributed by atoms with E-state index < -0.39 is 15.8 Å². The van der Waals surface area contributed by atoms with Crippen molar-refractivity contribution in [3.05, 3.63) is 24.0 Å². The summed E-state index contributed by atoms with van der Waals surface area (Å²) in [5.41, 5.74) is 0.763. The quantitative estimate of drug-likeness (QED) is 0.834. The molecule has 0 radical (unpaired) electrons. The average Bonchev–Trinajstić information content (AvgIpc) is 2.16. The predicted octanol–water partition coefficient (Wildman–Crippen LogP) is 1.03. The maximum atomic E-state index is 11.7. The molecule has 1 heterocycles. The molecule has 0 atom stereocenters. The summed E-state index contributed by atoms with van der Waals surface area (Å²) < 4.78 is 23.5. The molecule has 0 unspecified atom stereocenters. The summed E-state index contributed by atoms with van der Waals surface area (Å²) in [6.45, 7) is 1.75. The fourth-order valence-corrected chi connectivity index (χ4v) is 2.58. The van der Waals surface area contributed by atoms with E-state index in [0.717, 1.165) is 5.56 Å². The summed E-state index contributed by atoms with van der Waals surface area (Å²) in [6, 6.07) is 1.53. The highest BCUT2D eigenvalue weighted by Gasteiger charge is 2.15. The second kappa shape index (κ2) is 5.07. The Kier molecular flexibility index (Phi) is 4.00. The smallest absolute Gasteiger partial charge is 0.303 e. The minimum Gasteiger partial charge on any atom is -0.481 e. The molecule has 1 aromatic rings. The molecule has 0 amide bonds. The van der Waals surface area contributed by atoms with Crippen LogP contribution in [0, 0.1) is 6.92 Å². The lowest BCUT2D eigenvalue weighted by atomic mass is 10.3. The third-order valence-corrected chi connectivity index (χ3v) is 3.78. The molecule has 1 N–H and O–H groups in total. The van der Waals surface area contributed by atoms with Crippen molar-refractivity contribution >= 4 is 15.8 Å². The van der Waals surface area contributed by atoms with Crippen molar-refractivity contribution in [1.82, 2.24) is 4.98 Å². The maximum absolute atomic E-state index is 11.7. The molecule has 0 spiro atoms. The Morgan fingerprint density at radius 1 is 1.44 bits per heavy atom. The molecule has 88 valence electrons. The Hall–Kier alpha value is -1.43. The van der Waals surface area contributed by atoms with Crippen LogP contribution in [-0.2, 0) is 14.6 Å². The van der Waals surface area contributed by atoms with Crippen LogP contribution in [0.5, 0.6) is 0 Å². The lowest BCUT2D eigenvalue weighted by molar-refractivity contribution is -0.137. The number of aliphatic carboxylic acids is 1. The van der Waals surface area contributed by atoms with Gasteiger partial charge < -0.3 is 5.11 Å². The second-order valence-electron chi connectivity index (χ2n) is 3.51.